The van der Waals surface area contributed by atoms with Crippen molar-refractivity contribution in [3.05, 3.63) is 80.9 Å². The van der Waals surface area contributed by atoms with Gasteiger partial charge in [0.1, 0.15) is 0 Å². The van der Waals surface area contributed by atoms with Gasteiger partial charge in [0.25, 0.3) is 10.5 Å². The van der Waals surface area contributed by atoms with Crippen LogP contribution in [-0.4, -0.2) is 10.5 Å². The van der Waals surface area contributed by atoms with Crippen molar-refractivity contribution in [2.45, 2.75) is 117 Å². The fraction of sp³-hybridized carbons (Fsp3) is 0.474. The number of carbonyl (C=O) groups excluding carboxylic acids is 2. The lowest BCUT2D eigenvalue weighted by Crippen LogP contribution is -2.25. The van der Waals surface area contributed by atoms with Gasteiger partial charge < -0.3 is 0 Å². The lowest BCUT2D eigenvalue weighted by molar-refractivity contribution is 0.106. The van der Waals surface area contributed by atoms with Gasteiger partial charge in [0, 0.05) is 11.1 Å². The Bertz CT molecular complexity index is 1490. The third-order valence-corrected chi connectivity index (χ3v) is 9.49. The van der Waals surface area contributed by atoms with Crippen molar-refractivity contribution in [3.8, 4) is 22.3 Å². The smallest absolute Gasteiger partial charge is 0.252 e. The Kier molecular flexibility index (Phi) is 10.8. The summed E-state index contributed by atoms with van der Waals surface area (Å²) in [6.07, 6.45) is 1.32. The normalized spacial score (nSPS) is 12.9. The molecule has 3 aromatic carbocycles. The molecule has 0 aromatic heterocycles. The molecule has 2 unspecified atom stereocenters. The van der Waals surface area contributed by atoms with Crippen molar-refractivity contribution in [2.75, 3.05) is 0 Å². The van der Waals surface area contributed by atoms with Crippen LogP contribution >= 0.6 is 41.7 Å². The van der Waals surface area contributed by atoms with E-state index >= 15 is 0 Å². The van der Waals surface area contributed by atoms with Gasteiger partial charge in [0.05, 0.1) is 0 Å². The molecule has 0 fully saturated rings. The summed E-state index contributed by atoms with van der Waals surface area (Å²) in [6, 6.07) is 12.9. The number of halogens is 2. The van der Waals surface area contributed by atoms with Crippen LogP contribution in [0, 0.1) is 0 Å². The number of rotatable bonds is 6. The SMILES string of the molecule is CC(C)(C)c1cc(-c2ccccc2-c2cc(C(C)(C)C)c(C(=O)Cl)c(C(C)(C)C)c2CP)c(CP)c(C(C)(C)C)c1C(=O)Cl. The van der Waals surface area contributed by atoms with Gasteiger partial charge in [-0.3, -0.25) is 9.59 Å². The summed E-state index contributed by atoms with van der Waals surface area (Å²) in [5.74, 6) is 0. The third-order valence-electron chi connectivity index (χ3n) is 8.29. The van der Waals surface area contributed by atoms with Crippen LogP contribution in [-0.2, 0) is 34.0 Å². The van der Waals surface area contributed by atoms with E-state index < -0.39 is 10.5 Å². The van der Waals surface area contributed by atoms with Gasteiger partial charge in [0.15, 0.2) is 0 Å². The second-order valence-corrected chi connectivity index (χ2v) is 17.4. The highest BCUT2D eigenvalue weighted by Crippen LogP contribution is 2.48. The van der Waals surface area contributed by atoms with Crippen LogP contribution in [0.25, 0.3) is 22.3 Å². The molecule has 0 heterocycles. The van der Waals surface area contributed by atoms with Crippen molar-refractivity contribution in [1.82, 2.24) is 0 Å². The average Bonchev–Trinajstić information content (AvgIpc) is 2.88. The highest BCUT2D eigenvalue weighted by atomic mass is 35.5. The fourth-order valence-corrected chi connectivity index (χ4v) is 7.79. The summed E-state index contributed by atoms with van der Waals surface area (Å²) in [5, 5.41) is -0.841. The number of hydrogen-bond donors (Lipinski definition) is 0. The molecule has 2 atom stereocenters. The summed E-state index contributed by atoms with van der Waals surface area (Å²) < 4.78 is 0. The zero-order chi connectivity index (χ0) is 33.7. The van der Waals surface area contributed by atoms with Crippen LogP contribution in [0.15, 0.2) is 36.4 Å². The van der Waals surface area contributed by atoms with Crippen molar-refractivity contribution in [1.29, 1.82) is 0 Å². The molecule has 0 amide bonds. The highest BCUT2D eigenvalue weighted by molar-refractivity contribution is 7.15. The molecule has 3 rings (SSSR count). The van der Waals surface area contributed by atoms with Gasteiger partial charge in [-0.2, -0.15) is 0 Å². The van der Waals surface area contributed by atoms with Crippen LogP contribution in [0.2, 0.25) is 0 Å². The first-order chi connectivity index (χ1) is 20.0. The Hall–Kier alpha value is -1.56. The van der Waals surface area contributed by atoms with Gasteiger partial charge in [-0.1, -0.05) is 107 Å². The Balaban J connectivity index is 2.70. The van der Waals surface area contributed by atoms with Crippen LogP contribution in [0.1, 0.15) is 137 Å². The molecule has 0 spiro atoms. The zero-order valence-corrected chi connectivity index (χ0v) is 32.4. The maximum atomic E-state index is 13.1. The lowest BCUT2D eigenvalue weighted by Gasteiger charge is -2.34. The first-order valence-corrected chi connectivity index (χ1v) is 17.7. The van der Waals surface area contributed by atoms with Crippen LogP contribution < -0.4 is 0 Å². The second kappa shape index (κ2) is 12.9. The van der Waals surface area contributed by atoms with Crippen LogP contribution in [0.5, 0.6) is 0 Å². The molecule has 0 aliphatic rings. The van der Waals surface area contributed by atoms with E-state index in [1.807, 2.05) is 0 Å². The molecule has 3 aromatic rings. The van der Waals surface area contributed by atoms with E-state index in [-0.39, 0.29) is 21.7 Å². The minimum atomic E-state index is -0.421. The van der Waals surface area contributed by atoms with E-state index in [9.17, 15) is 9.59 Å². The molecule has 44 heavy (non-hydrogen) atoms. The number of hydrogen-bond acceptors (Lipinski definition) is 2. The minimum absolute atomic E-state index is 0.324. The molecular formula is C38H50Cl2O2P2. The van der Waals surface area contributed by atoms with E-state index in [0.29, 0.717) is 23.5 Å². The molecule has 0 saturated carbocycles. The van der Waals surface area contributed by atoms with Gasteiger partial charge in [0.2, 0.25) is 0 Å². The largest absolute Gasteiger partial charge is 0.276 e. The Morgan fingerprint density at radius 1 is 0.545 bits per heavy atom. The lowest BCUT2D eigenvalue weighted by atomic mass is 9.70. The van der Waals surface area contributed by atoms with Crippen molar-refractivity contribution in [2.24, 2.45) is 0 Å². The molecule has 0 bridgehead atoms. The molecule has 0 radical (unpaired) electrons. The molecule has 238 valence electrons. The van der Waals surface area contributed by atoms with Crippen molar-refractivity contribution >= 4 is 52.2 Å². The standard InChI is InChI=1S/C38H50Cl2O2P2/c1-35(2,3)27-17-23(25(19-43)31(37(7,8)9)29(27)33(39)41)21-15-13-14-16-22(21)24-18-28(36(4,5)6)30(34(40)42)32(26(24)20-44)38(10,11)12/h13-18H,19-20,43-44H2,1-12H3. The quantitative estimate of drug-likeness (QED) is 0.193. The summed E-state index contributed by atoms with van der Waals surface area (Å²) >= 11 is 12.8. The van der Waals surface area contributed by atoms with Gasteiger partial charge in [-0.25, -0.2) is 0 Å². The van der Waals surface area contributed by atoms with E-state index in [1.54, 1.807) is 0 Å². The molecular weight excluding hydrogens is 621 g/mol. The summed E-state index contributed by atoms with van der Waals surface area (Å²) in [5.41, 5.74) is 10.3. The molecule has 0 aliphatic carbocycles. The Morgan fingerprint density at radius 3 is 1.05 bits per heavy atom. The van der Waals surface area contributed by atoms with Crippen LogP contribution in [0.3, 0.4) is 0 Å². The summed E-state index contributed by atoms with van der Waals surface area (Å²) in [4.78, 5) is 26.3. The van der Waals surface area contributed by atoms with Gasteiger partial charge in [-0.15, -0.1) is 18.5 Å². The van der Waals surface area contributed by atoms with E-state index in [4.69, 9.17) is 23.2 Å². The molecule has 6 heteroatoms. The Morgan fingerprint density at radius 2 is 0.841 bits per heavy atom. The molecule has 2 nitrogen and oxygen atoms in total. The monoisotopic (exact) mass is 670 g/mol. The second-order valence-electron chi connectivity index (χ2n) is 15.9. The third kappa shape index (κ3) is 7.20. The first-order valence-electron chi connectivity index (χ1n) is 15.3. The minimum Gasteiger partial charge on any atom is -0.276 e. The predicted molar refractivity (Wildman–Crippen MR) is 199 cm³/mol. The maximum Gasteiger partial charge on any atom is 0.252 e. The average molecular weight is 672 g/mol. The Labute approximate surface area is 280 Å². The first kappa shape index (κ1) is 36.9. The topological polar surface area (TPSA) is 34.1 Å². The molecule has 0 aliphatic heterocycles. The highest BCUT2D eigenvalue weighted by Gasteiger charge is 2.35. The fourth-order valence-electron chi connectivity index (χ4n) is 6.55. The molecule has 0 saturated heterocycles. The van der Waals surface area contributed by atoms with E-state index in [0.717, 1.165) is 55.6 Å². The molecule has 0 N–H and O–H groups in total. The summed E-state index contributed by atoms with van der Waals surface area (Å²) in [7, 11) is 5.78. The maximum absolute atomic E-state index is 13.1. The van der Waals surface area contributed by atoms with Gasteiger partial charge >= 0.3 is 0 Å². The zero-order valence-electron chi connectivity index (χ0n) is 28.6. The van der Waals surface area contributed by atoms with E-state index in [2.05, 4.69) is 138 Å². The van der Waals surface area contributed by atoms with Gasteiger partial charge in [-0.05, 0) is 125 Å². The summed E-state index contributed by atoms with van der Waals surface area (Å²) in [6.45, 7) is 25.7. The van der Waals surface area contributed by atoms with E-state index in [1.165, 1.54) is 0 Å². The predicted octanol–water partition coefficient (Wildman–Crippen LogP) is 11.7. The number of benzene rings is 3. The van der Waals surface area contributed by atoms with Crippen LogP contribution in [0.4, 0.5) is 0 Å². The van der Waals surface area contributed by atoms with Crippen molar-refractivity contribution < 1.29 is 9.59 Å². The number of carbonyl (C=O) groups is 2. The van der Waals surface area contributed by atoms with Crippen molar-refractivity contribution in [3.63, 3.8) is 0 Å².